The molecule has 0 saturated carbocycles. The molecule has 4 rings (SSSR count). The van der Waals surface area contributed by atoms with Gasteiger partial charge in [0.25, 0.3) is 10.0 Å². The first-order valence-electron chi connectivity index (χ1n) is 14.3. The molecule has 0 spiro atoms. The van der Waals surface area contributed by atoms with Gasteiger partial charge in [0.2, 0.25) is 0 Å². The van der Waals surface area contributed by atoms with Gasteiger partial charge in [0.05, 0.1) is 21.8 Å². The zero-order chi connectivity index (χ0) is 29.5. The molecule has 0 bridgehead atoms. The number of hydrogen-bond donors (Lipinski definition) is 0. The number of hydrogen-bond acceptors (Lipinski definition) is 4. The standard InChI is InChI=1S/C34H39NO4S2/c1-4-5-6-7-8-12-15-32-33(26-29-13-10-9-11-14-29)35(41(38,39)31-22-18-28(3)19-23-31)25-24-34(32)40(36,37)30-20-16-27(2)17-21-30/h9-11,13-14,16-25,32-34H,4-8,26H2,1-3H3/t32-,33-,34+/m0/s1. The summed E-state index contributed by atoms with van der Waals surface area (Å²) in [5.74, 6) is 5.76. The van der Waals surface area contributed by atoms with Crippen molar-refractivity contribution in [2.45, 2.75) is 80.4 Å². The van der Waals surface area contributed by atoms with E-state index in [1.807, 2.05) is 44.2 Å². The van der Waals surface area contributed by atoms with Crippen molar-refractivity contribution in [2.75, 3.05) is 0 Å². The molecular weight excluding hydrogens is 551 g/mol. The van der Waals surface area contributed by atoms with E-state index < -0.39 is 37.1 Å². The number of unbranched alkanes of at least 4 members (excludes halogenated alkanes) is 4. The summed E-state index contributed by atoms with van der Waals surface area (Å²) in [7, 11) is -7.83. The third kappa shape index (κ3) is 7.30. The second-order valence-electron chi connectivity index (χ2n) is 10.7. The molecule has 3 atom stereocenters. The van der Waals surface area contributed by atoms with Gasteiger partial charge in [-0.15, -0.1) is 5.92 Å². The minimum atomic E-state index is -3.98. The zero-order valence-corrected chi connectivity index (χ0v) is 25.7. The third-order valence-electron chi connectivity index (χ3n) is 7.53. The maximum atomic E-state index is 14.1. The molecular formula is C34H39NO4S2. The SMILES string of the molecule is CCCCCCC#C[C@@H]1[C@H](S(=O)(=O)c2ccc(C)cc2)C=CN(S(=O)(=O)c2ccc(C)cc2)[C@H]1Cc1ccccc1. The van der Waals surface area contributed by atoms with Crippen LogP contribution in [-0.4, -0.2) is 32.4 Å². The Labute approximate surface area is 246 Å². The molecule has 0 aromatic heterocycles. The minimum Gasteiger partial charge on any atom is -0.269 e. The molecule has 0 N–H and O–H groups in total. The summed E-state index contributed by atoms with van der Waals surface area (Å²) in [5.41, 5.74) is 2.83. The lowest BCUT2D eigenvalue weighted by atomic mass is 9.88. The summed E-state index contributed by atoms with van der Waals surface area (Å²) in [6, 6.07) is 22.4. The van der Waals surface area contributed by atoms with Crippen LogP contribution < -0.4 is 0 Å². The molecule has 216 valence electrons. The van der Waals surface area contributed by atoms with Gasteiger partial charge >= 0.3 is 0 Å². The minimum absolute atomic E-state index is 0.164. The predicted octanol–water partition coefficient (Wildman–Crippen LogP) is 6.87. The molecule has 1 aliphatic rings. The molecule has 3 aromatic carbocycles. The molecule has 1 heterocycles. The predicted molar refractivity (Wildman–Crippen MR) is 165 cm³/mol. The van der Waals surface area contributed by atoms with E-state index in [4.69, 9.17) is 0 Å². The average molecular weight is 590 g/mol. The normalized spacial score (nSPS) is 19.0. The highest BCUT2D eigenvalue weighted by molar-refractivity contribution is 7.92. The second-order valence-corrected chi connectivity index (χ2v) is 14.7. The molecule has 0 amide bonds. The average Bonchev–Trinajstić information content (AvgIpc) is 2.96. The van der Waals surface area contributed by atoms with Gasteiger partial charge in [-0.3, -0.25) is 4.31 Å². The van der Waals surface area contributed by atoms with E-state index in [-0.39, 0.29) is 9.79 Å². The molecule has 7 heteroatoms. The van der Waals surface area contributed by atoms with Gasteiger partial charge < -0.3 is 0 Å². The monoisotopic (exact) mass is 589 g/mol. The number of sulfonamides is 1. The molecule has 0 radical (unpaired) electrons. The summed E-state index contributed by atoms with van der Waals surface area (Å²) in [5, 5.41) is -0.994. The Hall–Kier alpha value is -3.34. The van der Waals surface area contributed by atoms with Gasteiger partial charge in [-0.1, -0.05) is 97.8 Å². The van der Waals surface area contributed by atoms with Crippen molar-refractivity contribution in [3.05, 3.63) is 108 Å². The number of sulfone groups is 1. The third-order valence-corrected chi connectivity index (χ3v) is 11.4. The van der Waals surface area contributed by atoms with Crippen LogP contribution in [0.4, 0.5) is 0 Å². The molecule has 1 aliphatic heterocycles. The molecule has 0 saturated heterocycles. The highest BCUT2D eigenvalue weighted by atomic mass is 32.2. The smallest absolute Gasteiger partial charge is 0.264 e. The van der Waals surface area contributed by atoms with Gasteiger partial charge in [0, 0.05) is 12.6 Å². The van der Waals surface area contributed by atoms with Crippen molar-refractivity contribution in [3.8, 4) is 11.8 Å². The van der Waals surface area contributed by atoms with Crippen LogP contribution in [0.15, 0.2) is 101 Å². The van der Waals surface area contributed by atoms with Crippen LogP contribution in [0.25, 0.3) is 0 Å². The lowest BCUT2D eigenvalue weighted by Gasteiger charge is -2.39. The van der Waals surface area contributed by atoms with Crippen molar-refractivity contribution < 1.29 is 16.8 Å². The van der Waals surface area contributed by atoms with E-state index in [0.29, 0.717) is 12.8 Å². The van der Waals surface area contributed by atoms with E-state index in [2.05, 4.69) is 18.8 Å². The van der Waals surface area contributed by atoms with Crippen LogP contribution in [0.2, 0.25) is 0 Å². The highest BCUT2D eigenvalue weighted by Crippen LogP contribution is 2.36. The van der Waals surface area contributed by atoms with Crippen LogP contribution in [0, 0.1) is 31.6 Å². The van der Waals surface area contributed by atoms with Gasteiger partial charge in [-0.05, 0) is 62.6 Å². The highest BCUT2D eigenvalue weighted by Gasteiger charge is 2.45. The van der Waals surface area contributed by atoms with E-state index in [0.717, 1.165) is 42.4 Å². The second kappa shape index (κ2) is 13.5. The van der Waals surface area contributed by atoms with E-state index in [1.54, 1.807) is 48.5 Å². The molecule has 0 aliphatic carbocycles. The maximum Gasteiger partial charge on any atom is 0.264 e. The Bertz CT molecular complexity index is 1600. The van der Waals surface area contributed by atoms with Gasteiger partial charge in [-0.2, -0.15) is 0 Å². The molecule has 3 aromatic rings. The molecule has 0 fully saturated rings. The van der Waals surface area contributed by atoms with E-state index >= 15 is 0 Å². The Balaban J connectivity index is 1.83. The fraction of sp³-hybridized carbons (Fsp3) is 0.353. The van der Waals surface area contributed by atoms with Crippen molar-refractivity contribution in [1.29, 1.82) is 0 Å². The summed E-state index contributed by atoms with van der Waals surface area (Å²) in [4.78, 5) is 0.373. The fourth-order valence-corrected chi connectivity index (χ4v) is 8.39. The molecule has 41 heavy (non-hydrogen) atoms. The Morgan fingerprint density at radius 2 is 1.37 bits per heavy atom. The number of nitrogens with zero attached hydrogens (tertiary/aromatic N) is 1. The summed E-state index contributed by atoms with van der Waals surface area (Å²) >= 11 is 0. The largest absolute Gasteiger partial charge is 0.269 e. The first kappa shape index (κ1) is 30.6. The van der Waals surface area contributed by atoms with Crippen LogP contribution in [0.3, 0.4) is 0 Å². The summed E-state index contributed by atoms with van der Waals surface area (Å²) in [6.07, 6.45) is 8.14. The van der Waals surface area contributed by atoms with Gasteiger partial charge in [0.1, 0.15) is 5.25 Å². The topological polar surface area (TPSA) is 71.5 Å². The van der Waals surface area contributed by atoms with Gasteiger partial charge in [0.15, 0.2) is 9.84 Å². The lowest BCUT2D eigenvalue weighted by molar-refractivity contribution is 0.312. The van der Waals surface area contributed by atoms with Gasteiger partial charge in [-0.25, -0.2) is 16.8 Å². The van der Waals surface area contributed by atoms with Crippen LogP contribution >= 0.6 is 0 Å². The summed E-state index contributed by atoms with van der Waals surface area (Å²) < 4.78 is 57.5. The van der Waals surface area contributed by atoms with Crippen LogP contribution in [0.1, 0.15) is 55.7 Å². The number of aryl methyl sites for hydroxylation is 2. The van der Waals surface area contributed by atoms with Crippen molar-refractivity contribution in [2.24, 2.45) is 5.92 Å². The van der Waals surface area contributed by atoms with Crippen LogP contribution in [-0.2, 0) is 26.3 Å². The van der Waals surface area contributed by atoms with E-state index in [9.17, 15) is 16.8 Å². The Morgan fingerprint density at radius 1 is 0.756 bits per heavy atom. The quantitative estimate of drug-likeness (QED) is 0.191. The first-order chi connectivity index (χ1) is 19.6. The maximum absolute atomic E-state index is 14.1. The summed E-state index contributed by atoms with van der Waals surface area (Å²) in [6.45, 7) is 5.97. The first-order valence-corrected chi connectivity index (χ1v) is 17.2. The van der Waals surface area contributed by atoms with Crippen LogP contribution in [0.5, 0.6) is 0 Å². The molecule has 0 unspecified atom stereocenters. The number of rotatable bonds is 10. The fourth-order valence-electron chi connectivity index (χ4n) is 5.13. The van der Waals surface area contributed by atoms with Crippen molar-refractivity contribution >= 4 is 19.9 Å². The van der Waals surface area contributed by atoms with Crippen molar-refractivity contribution in [1.82, 2.24) is 4.31 Å². The molecule has 5 nitrogen and oxygen atoms in total. The Kier molecular flexibility index (Phi) is 10.1. The van der Waals surface area contributed by atoms with E-state index in [1.165, 1.54) is 16.6 Å². The number of benzene rings is 3. The zero-order valence-electron chi connectivity index (χ0n) is 24.0. The Morgan fingerprint density at radius 3 is 1.98 bits per heavy atom. The lowest BCUT2D eigenvalue weighted by Crippen LogP contribution is -2.50. The van der Waals surface area contributed by atoms with Crippen molar-refractivity contribution in [3.63, 3.8) is 0 Å².